The Kier molecular flexibility index (Phi) is 5.37. The largest absolute Gasteiger partial charge is 0.505 e. The Hall–Kier alpha value is -4.40. The van der Waals surface area contributed by atoms with E-state index in [2.05, 4.69) is 21.7 Å². The quantitative estimate of drug-likeness (QED) is 0.384. The summed E-state index contributed by atoms with van der Waals surface area (Å²) in [5, 5.41) is 29.7. The highest BCUT2D eigenvalue weighted by molar-refractivity contribution is 6.71. The number of para-hydroxylation sites is 1. The number of aromatic carboxylic acids is 1. The van der Waals surface area contributed by atoms with E-state index in [1.807, 2.05) is 12.1 Å². The maximum atomic E-state index is 13.1. The van der Waals surface area contributed by atoms with Crippen LogP contribution in [0.1, 0.15) is 41.4 Å². The number of carbonyl (C=O) groups is 2. The van der Waals surface area contributed by atoms with Crippen molar-refractivity contribution < 1.29 is 24.2 Å². The Labute approximate surface area is 195 Å². The number of rotatable bonds is 5. The highest BCUT2D eigenvalue weighted by Gasteiger charge is 2.31. The molecule has 1 aliphatic heterocycles. The van der Waals surface area contributed by atoms with Gasteiger partial charge in [0.05, 0.1) is 23.3 Å². The van der Waals surface area contributed by atoms with Crippen molar-refractivity contribution in [2.24, 2.45) is 10.2 Å². The summed E-state index contributed by atoms with van der Waals surface area (Å²) in [6.07, 6.45) is 5.63. The third kappa shape index (κ3) is 3.81. The normalized spacial score (nSPS) is 16.5. The van der Waals surface area contributed by atoms with Gasteiger partial charge in [-0.2, -0.15) is 15.2 Å². The number of nitrogens with one attached hydrogen (secondary N) is 1. The minimum Gasteiger partial charge on any atom is -0.505 e. The monoisotopic (exact) mass is 458 g/mol. The highest BCUT2D eigenvalue weighted by atomic mass is 16.4. The van der Waals surface area contributed by atoms with E-state index in [9.17, 15) is 14.7 Å². The number of hydrazone groups is 2. The Morgan fingerprint density at radius 2 is 1.94 bits per heavy atom. The van der Waals surface area contributed by atoms with Gasteiger partial charge in [0.1, 0.15) is 5.75 Å². The first-order valence-corrected chi connectivity index (χ1v) is 10.9. The lowest BCUT2D eigenvalue weighted by atomic mass is 9.91. The summed E-state index contributed by atoms with van der Waals surface area (Å²) >= 11 is 0. The number of hydrogen-bond donors (Lipinski definition) is 3. The fraction of sp³-hybridized carbons (Fsp3) is 0.200. The number of fused-ring (bicyclic) bond motifs is 1. The van der Waals surface area contributed by atoms with Crippen LogP contribution in [-0.2, 0) is 17.6 Å². The predicted octanol–water partition coefficient (Wildman–Crippen LogP) is 4.42. The van der Waals surface area contributed by atoms with E-state index in [1.165, 1.54) is 34.9 Å². The van der Waals surface area contributed by atoms with Gasteiger partial charge >= 0.3 is 11.9 Å². The topological polar surface area (TPSA) is 128 Å². The zero-order chi connectivity index (χ0) is 23.8. The smallest absolute Gasteiger partial charge is 0.371 e. The zero-order valence-corrected chi connectivity index (χ0v) is 18.4. The molecule has 0 fully saturated rings. The van der Waals surface area contributed by atoms with Crippen LogP contribution >= 0.6 is 0 Å². The number of anilines is 2. The van der Waals surface area contributed by atoms with Crippen molar-refractivity contribution in [1.82, 2.24) is 0 Å². The van der Waals surface area contributed by atoms with Crippen molar-refractivity contribution in [3.63, 3.8) is 0 Å². The third-order valence-electron chi connectivity index (χ3n) is 6.01. The van der Waals surface area contributed by atoms with Crippen LogP contribution in [0.25, 0.3) is 11.1 Å². The number of amides is 1. The van der Waals surface area contributed by atoms with Crippen molar-refractivity contribution in [2.75, 3.05) is 10.4 Å². The van der Waals surface area contributed by atoms with Gasteiger partial charge in [-0.25, -0.2) is 4.79 Å². The highest BCUT2D eigenvalue weighted by Crippen LogP contribution is 2.36. The molecule has 1 aromatic heterocycles. The van der Waals surface area contributed by atoms with Crippen molar-refractivity contribution in [1.29, 1.82) is 0 Å². The number of hydrogen-bond acceptors (Lipinski definition) is 7. The van der Waals surface area contributed by atoms with E-state index < -0.39 is 5.97 Å². The first-order chi connectivity index (χ1) is 16.4. The van der Waals surface area contributed by atoms with Gasteiger partial charge in [-0.15, -0.1) is 0 Å². The average molecular weight is 458 g/mol. The van der Waals surface area contributed by atoms with Gasteiger partial charge < -0.3 is 14.6 Å². The minimum atomic E-state index is -1.20. The molecule has 0 saturated heterocycles. The average Bonchev–Trinajstić information content (AvgIpc) is 3.43. The lowest BCUT2D eigenvalue weighted by molar-refractivity contribution is -0.112. The molecule has 5 rings (SSSR count). The number of nitrogens with zero attached hydrogens (tertiary/aromatic N) is 3. The lowest BCUT2D eigenvalue weighted by Gasteiger charge is -2.19. The van der Waals surface area contributed by atoms with E-state index in [1.54, 1.807) is 25.1 Å². The van der Waals surface area contributed by atoms with E-state index in [4.69, 9.17) is 9.52 Å². The number of carbonyl (C=O) groups excluding carboxylic acids is 1. The minimum absolute atomic E-state index is 0.138. The number of phenolic OH excluding ortho intramolecular Hbond substituents is 1. The number of benzene rings is 2. The van der Waals surface area contributed by atoms with Crippen LogP contribution in [-0.4, -0.2) is 33.5 Å². The van der Waals surface area contributed by atoms with Crippen LogP contribution in [0.4, 0.5) is 11.4 Å². The lowest BCUT2D eigenvalue weighted by Crippen LogP contribution is -2.28. The van der Waals surface area contributed by atoms with Gasteiger partial charge in [0, 0.05) is 11.1 Å². The van der Waals surface area contributed by atoms with Crippen LogP contribution in [0.3, 0.4) is 0 Å². The molecular weight excluding hydrogens is 436 g/mol. The fourth-order valence-electron chi connectivity index (χ4n) is 4.23. The van der Waals surface area contributed by atoms with Crippen molar-refractivity contribution in [3.8, 4) is 16.9 Å². The van der Waals surface area contributed by atoms with Gasteiger partial charge in [0.25, 0.3) is 0 Å². The molecule has 172 valence electrons. The number of carboxylic acids is 1. The third-order valence-corrected chi connectivity index (χ3v) is 6.01. The van der Waals surface area contributed by atoms with Crippen LogP contribution in [0.5, 0.6) is 5.75 Å². The Balaban J connectivity index is 1.38. The number of aryl methyl sites for hydroxylation is 2. The summed E-state index contributed by atoms with van der Waals surface area (Å²) in [5.41, 5.74) is 7.61. The Morgan fingerprint density at radius 3 is 2.71 bits per heavy atom. The molecule has 0 bridgehead atoms. The van der Waals surface area contributed by atoms with Gasteiger partial charge in [-0.1, -0.05) is 18.2 Å². The molecule has 0 spiro atoms. The first kappa shape index (κ1) is 21.4. The van der Waals surface area contributed by atoms with Crippen LogP contribution in [0, 0.1) is 0 Å². The molecule has 9 heteroatoms. The van der Waals surface area contributed by atoms with E-state index in [0.29, 0.717) is 22.5 Å². The SMILES string of the molecule is CC1=NN(c2ccc3c(c2)CCCC3)C(=O)/C1=N/Nc1cccc(-c2coc(C(=O)O)c2)c1O. The van der Waals surface area contributed by atoms with Crippen molar-refractivity contribution in [2.45, 2.75) is 32.6 Å². The molecule has 9 nitrogen and oxygen atoms in total. The number of furan rings is 1. The summed E-state index contributed by atoms with van der Waals surface area (Å²) in [7, 11) is 0. The van der Waals surface area contributed by atoms with E-state index in [-0.39, 0.29) is 28.8 Å². The van der Waals surface area contributed by atoms with Gasteiger partial charge in [0.2, 0.25) is 5.76 Å². The zero-order valence-electron chi connectivity index (χ0n) is 18.4. The summed E-state index contributed by atoms with van der Waals surface area (Å²) < 4.78 is 5.01. The number of phenols is 1. The molecule has 0 saturated carbocycles. The van der Waals surface area contributed by atoms with E-state index in [0.717, 1.165) is 19.3 Å². The van der Waals surface area contributed by atoms with Crippen molar-refractivity contribution in [3.05, 3.63) is 65.6 Å². The molecule has 1 amide bonds. The summed E-state index contributed by atoms with van der Waals surface area (Å²) in [4.78, 5) is 24.1. The molecule has 1 aliphatic carbocycles. The van der Waals surface area contributed by atoms with Crippen molar-refractivity contribution >= 4 is 34.7 Å². The van der Waals surface area contributed by atoms with E-state index >= 15 is 0 Å². The first-order valence-electron chi connectivity index (χ1n) is 10.9. The van der Waals surface area contributed by atoms with Gasteiger partial charge in [0.15, 0.2) is 5.71 Å². The molecule has 3 aromatic rings. The molecule has 0 radical (unpaired) electrons. The Bertz CT molecular complexity index is 1370. The second-order valence-corrected chi connectivity index (χ2v) is 8.24. The maximum absolute atomic E-state index is 13.1. The molecule has 2 aromatic carbocycles. The molecular formula is C25H22N4O5. The summed E-state index contributed by atoms with van der Waals surface area (Å²) in [6, 6.07) is 12.2. The Morgan fingerprint density at radius 1 is 1.15 bits per heavy atom. The van der Waals surface area contributed by atoms with Crippen LogP contribution in [0.15, 0.2) is 63.3 Å². The predicted molar refractivity (Wildman–Crippen MR) is 128 cm³/mol. The second-order valence-electron chi connectivity index (χ2n) is 8.24. The maximum Gasteiger partial charge on any atom is 0.371 e. The molecule has 2 heterocycles. The standard InChI is InChI=1S/C25H22N4O5/c1-14-22(24(31)29(28-14)18-10-9-15-5-2-3-6-16(15)11-18)27-26-20-8-4-7-19(23(20)30)17-12-21(25(32)33)34-13-17/h4,7-13,26,30H,2-3,5-6H2,1H3,(H,32,33)/b27-22+. The molecule has 2 aliphatic rings. The van der Waals surface area contributed by atoms with Crippen LogP contribution in [0.2, 0.25) is 0 Å². The summed E-state index contributed by atoms with van der Waals surface area (Å²) in [6.45, 7) is 1.70. The molecule has 3 N–H and O–H groups in total. The fourth-order valence-corrected chi connectivity index (χ4v) is 4.23. The second kappa shape index (κ2) is 8.51. The molecule has 0 atom stereocenters. The van der Waals surface area contributed by atoms with Crippen LogP contribution < -0.4 is 10.4 Å². The molecule has 0 unspecified atom stereocenters. The number of carboxylic acid groups (broad SMARTS) is 1. The number of aromatic hydroxyl groups is 1. The van der Waals surface area contributed by atoms with Gasteiger partial charge in [-0.3, -0.25) is 10.2 Å². The van der Waals surface area contributed by atoms with Gasteiger partial charge in [-0.05, 0) is 68.0 Å². The molecule has 34 heavy (non-hydrogen) atoms. The summed E-state index contributed by atoms with van der Waals surface area (Å²) in [5.74, 6) is -1.96.